The van der Waals surface area contributed by atoms with Crippen molar-refractivity contribution in [2.75, 3.05) is 44.3 Å². The molecule has 2 aromatic carbocycles. The first-order chi connectivity index (χ1) is 14.7. The molecule has 30 heavy (non-hydrogen) atoms. The number of amides is 1. The number of ether oxygens (including phenoxy) is 1. The summed E-state index contributed by atoms with van der Waals surface area (Å²) in [5.41, 5.74) is 1.27. The molecule has 0 aliphatic carbocycles. The number of rotatable bonds is 7. The van der Waals surface area contributed by atoms with E-state index >= 15 is 0 Å². The molecule has 0 atom stereocenters. The highest BCUT2D eigenvalue weighted by Crippen LogP contribution is 2.30. The zero-order valence-electron chi connectivity index (χ0n) is 16.7. The maximum Gasteiger partial charge on any atom is 0.252 e. The van der Waals surface area contributed by atoms with E-state index in [-0.39, 0.29) is 11.7 Å². The van der Waals surface area contributed by atoms with Crippen LogP contribution in [0.25, 0.3) is 16.3 Å². The lowest BCUT2D eigenvalue weighted by molar-refractivity contribution is -0.114. The molecule has 0 N–H and O–H groups in total. The Balaban J connectivity index is 1.52. The summed E-state index contributed by atoms with van der Waals surface area (Å²) in [6.07, 6.45) is 4.17. The fourth-order valence-corrected chi connectivity index (χ4v) is 4.43. The van der Waals surface area contributed by atoms with Crippen LogP contribution in [0.15, 0.2) is 54.6 Å². The molecule has 0 spiro atoms. The minimum atomic E-state index is -0.365. The van der Waals surface area contributed by atoms with Crippen LogP contribution in [0.1, 0.15) is 12.0 Å². The SMILES string of the molecule is O=C(/C=C/c1ccccc1)N(CCCN1CCOCC1)c1nc2c(F)cccc2s1. The van der Waals surface area contributed by atoms with E-state index in [1.54, 1.807) is 23.1 Å². The number of hydrogen-bond acceptors (Lipinski definition) is 5. The van der Waals surface area contributed by atoms with Crippen LogP contribution in [0.4, 0.5) is 9.52 Å². The van der Waals surface area contributed by atoms with Crippen LogP contribution in [0.5, 0.6) is 0 Å². The fraction of sp³-hybridized carbons (Fsp3) is 0.304. The number of nitrogens with zero attached hydrogens (tertiary/aromatic N) is 3. The maximum absolute atomic E-state index is 14.1. The van der Waals surface area contributed by atoms with E-state index in [4.69, 9.17) is 4.74 Å². The number of carbonyl (C=O) groups excluding carboxylic acids is 1. The predicted octanol–water partition coefficient (Wildman–Crippen LogP) is 4.20. The Morgan fingerprint density at radius 1 is 1.17 bits per heavy atom. The third-order valence-corrected chi connectivity index (χ3v) is 6.08. The van der Waals surface area contributed by atoms with Crippen molar-refractivity contribution in [3.63, 3.8) is 0 Å². The molecular weight excluding hydrogens is 401 g/mol. The third kappa shape index (κ3) is 5.11. The van der Waals surface area contributed by atoms with Crippen LogP contribution in [0.2, 0.25) is 0 Å². The number of anilines is 1. The van der Waals surface area contributed by atoms with Gasteiger partial charge in [-0.2, -0.15) is 0 Å². The highest BCUT2D eigenvalue weighted by Gasteiger charge is 2.20. The molecule has 1 aliphatic heterocycles. The molecule has 3 aromatic rings. The van der Waals surface area contributed by atoms with E-state index in [0.29, 0.717) is 17.2 Å². The van der Waals surface area contributed by atoms with Crippen molar-refractivity contribution >= 4 is 38.7 Å². The van der Waals surface area contributed by atoms with Crippen molar-refractivity contribution in [2.24, 2.45) is 0 Å². The number of carbonyl (C=O) groups is 1. The first-order valence-electron chi connectivity index (χ1n) is 10.1. The van der Waals surface area contributed by atoms with E-state index in [2.05, 4.69) is 9.88 Å². The van der Waals surface area contributed by atoms with Crippen LogP contribution >= 0.6 is 11.3 Å². The normalized spacial score (nSPS) is 15.1. The molecule has 0 bridgehead atoms. The van der Waals surface area contributed by atoms with Gasteiger partial charge in [-0.1, -0.05) is 47.7 Å². The Morgan fingerprint density at radius 3 is 2.73 bits per heavy atom. The molecule has 4 rings (SSSR count). The van der Waals surface area contributed by atoms with Crippen LogP contribution < -0.4 is 4.90 Å². The average molecular weight is 426 g/mol. The smallest absolute Gasteiger partial charge is 0.252 e. The molecule has 0 unspecified atom stereocenters. The maximum atomic E-state index is 14.1. The van der Waals surface area contributed by atoms with Crippen molar-refractivity contribution in [1.29, 1.82) is 0 Å². The summed E-state index contributed by atoms with van der Waals surface area (Å²) in [4.78, 5) is 21.5. The molecule has 1 aliphatic rings. The number of para-hydroxylation sites is 1. The summed E-state index contributed by atoms with van der Waals surface area (Å²) >= 11 is 1.34. The Bertz CT molecular complexity index is 1020. The minimum absolute atomic E-state index is 0.153. The summed E-state index contributed by atoms with van der Waals surface area (Å²) < 4.78 is 20.3. The van der Waals surface area contributed by atoms with Crippen LogP contribution in [0, 0.1) is 5.82 Å². The first-order valence-corrected chi connectivity index (χ1v) is 10.9. The van der Waals surface area contributed by atoms with E-state index < -0.39 is 0 Å². The Kier molecular flexibility index (Phi) is 6.84. The molecule has 1 saturated heterocycles. The third-order valence-electron chi connectivity index (χ3n) is 5.03. The summed E-state index contributed by atoms with van der Waals surface area (Å²) in [5, 5.41) is 0.528. The van der Waals surface area contributed by atoms with Gasteiger partial charge >= 0.3 is 0 Å². The molecule has 2 heterocycles. The van der Waals surface area contributed by atoms with Crippen LogP contribution in [-0.4, -0.2) is 55.2 Å². The van der Waals surface area contributed by atoms with E-state index in [1.807, 2.05) is 36.4 Å². The molecular formula is C23H24FN3O2S. The van der Waals surface area contributed by atoms with Crippen molar-refractivity contribution in [3.8, 4) is 0 Å². The second-order valence-electron chi connectivity index (χ2n) is 7.12. The lowest BCUT2D eigenvalue weighted by Crippen LogP contribution is -2.39. The molecule has 7 heteroatoms. The Hall–Kier alpha value is -2.61. The van der Waals surface area contributed by atoms with E-state index in [0.717, 1.165) is 49.5 Å². The van der Waals surface area contributed by atoms with Crippen LogP contribution in [0.3, 0.4) is 0 Å². The van der Waals surface area contributed by atoms with E-state index in [1.165, 1.54) is 17.4 Å². The molecule has 1 aromatic heterocycles. The van der Waals surface area contributed by atoms with Crippen molar-refractivity contribution in [1.82, 2.24) is 9.88 Å². The van der Waals surface area contributed by atoms with Gasteiger partial charge in [0.2, 0.25) is 0 Å². The highest BCUT2D eigenvalue weighted by atomic mass is 32.1. The molecule has 156 valence electrons. The second-order valence-corrected chi connectivity index (χ2v) is 8.13. The number of aromatic nitrogens is 1. The topological polar surface area (TPSA) is 45.7 Å². The minimum Gasteiger partial charge on any atom is -0.379 e. The lowest BCUT2D eigenvalue weighted by Gasteiger charge is -2.27. The number of hydrogen-bond donors (Lipinski definition) is 0. The predicted molar refractivity (Wildman–Crippen MR) is 119 cm³/mol. The highest BCUT2D eigenvalue weighted by molar-refractivity contribution is 7.22. The number of halogens is 1. The first kappa shape index (κ1) is 20.7. The van der Waals surface area contributed by atoms with Gasteiger partial charge in [0.1, 0.15) is 11.3 Å². The molecule has 5 nitrogen and oxygen atoms in total. The fourth-order valence-electron chi connectivity index (χ4n) is 3.42. The second kappa shape index (κ2) is 9.93. The number of fused-ring (bicyclic) bond motifs is 1. The lowest BCUT2D eigenvalue weighted by atomic mass is 10.2. The summed E-state index contributed by atoms with van der Waals surface area (Å²) in [5.74, 6) is -0.518. The van der Waals surface area contributed by atoms with Gasteiger partial charge in [-0.05, 0) is 30.2 Å². The van der Waals surface area contributed by atoms with Gasteiger partial charge in [-0.15, -0.1) is 0 Å². The molecule has 0 saturated carbocycles. The number of benzene rings is 2. The van der Waals surface area contributed by atoms with Gasteiger partial charge in [0.15, 0.2) is 5.13 Å². The van der Waals surface area contributed by atoms with Gasteiger partial charge in [-0.25, -0.2) is 9.37 Å². The van der Waals surface area contributed by atoms with Crippen molar-refractivity contribution < 1.29 is 13.9 Å². The monoisotopic (exact) mass is 425 g/mol. The quantitative estimate of drug-likeness (QED) is 0.532. The van der Waals surface area contributed by atoms with Crippen LogP contribution in [-0.2, 0) is 9.53 Å². The average Bonchev–Trinajstić information content (AvgIpc) is 3.22. The van der Waals surface area contributed by atoms with Gasteiger partial charge < -0.3 is 4.74 Å². The molecule has 1 fully saturated rings. The van der Waals surface area contributed by atoms with Gasteiger partial charge in [0.25, 0.3) is 5.91 Å². The van der Waals surface area contributed by atoms with Crippen molar-refractivity contribution in [2.45, 2.75) is 6.42 Å². The zero-order chi connectivity index (χ0) is 20.8. The standard InChI is InChI=1S/C23H24FN3O2S/c24-19-8-4-9-20-22(19)25-23(30-20)27(13-5-12-26-14-16-29-17-15-26)21(28)11-10-18-6-2-1-3-7-18/h1-4,6-11H,5,12-17H2/b11-10+. The largest absolute Gasteiger partial charge is 0.379 e. The molecule has 0 radical (unpaired) electrons. The van der Waals surface area contributed by atoms with Gasteiger partial charge in [-0.3, -0.25) is 14.6 Å². The van der Waals surface area contributed by atoms with Gasteiger partial charge in [0, 0.05) is 32.3 Å². The van der Waals surface area contributed by atoms with Gasteiger partial charge in [0.05, 0.1) is 17.9 Å². The summed E-state index contributed by atoms with van der Waals surface area (Å²) in [6.45, 7) is 4.73. The van der Waals surface area contributed by atoms with E-state index in [9.17, 15) is 9.18 Å². The Labute approximate surface area is 179 Å². The molecule has 1 amide bonds. The number of morpholine rings is 1. The van der Waals surface area contributed by atoms with Crippen molar-refractivity contribution in [3.05, 3.63) is 66.0 Å². The summed E-state index contributed by atoms with van der Waals surface area (Å²) in [7, 11) is 0. The zero-order valence-corrected chi connectivity index (χ0v) is 17.5. The number of thiazole rings is 1. The summed E-state index contributed by atoms with van der Waals surface area (Å²) in [6, 6.07) is 14.6. The Morgan fingerprint density at radius 2 is 1.97 bits per heavy atom.